The van der Waals surface area contributed by atoms with Crippen LogP contribution in [0.25, 0.3) is 0 Å². The van der Waals surface area contributed by atoms with Crippen LogP contribution in [-0.4, -0.2) is 13.1 Å². The molecule has 0 spiro atoms. The van der Waals surface area contributed by atoms with Gasteiger partial charge in [-0.05, 0) is 37.8 Å². The SMILES string of the molecule is CC.CCCCC(C)CNCCC(C)C. The second-order valence-electron chi connectivity index (χ2n) is 4.63. The van der Waals surface area contributed by atoms with E-state index in [9.17, 15) is 0 Å². The Balaban J connectivity index is 0. The quantitative estimate of drug-likeness (QED) is 0.589. The molecule has 1 unspecified atom stereocenters. The van der Waals surface area contributed by atoms with Crippen molar-refractivity contribution in [2.75, 3.05) is 13.1 Å². The molecule has 0 aromatic heterocycles. The molecule has 15 heavy (non-hydrogen) atoms. The summed E-state index contributed by atoms with van der Waals surface area (Å²) in [5, 5.41) is 3.53. The van der Waals surface area contributed by atoms with Gasteiger partial charge in [0.1, 0.15) is 0 Å². The minimum Gasteiger partial charge on any atom is -0.316 e. The van der Waals surface area contributed by atoms with Gasteiger partial charge in [-0.15, -0.1) is 0 Å². The third kappa shape index (κ3) is 16.6. The summed E-state index contributed by atoms with van der Waals surface area (Å²) in [7, 11) is 0. The van der Waals surface area contributed by atoms with Crippen LogP contribution in [0.5, 0.6) is 0 Å². The van der Waals surface area contributed by atoms with Crippen molar-refractivity contribution in [2.45, 2.75) is 67.2 Å². The minimum atomic E-state index is 0.832. The maximum Gasteiger partial charge on any atom is -0.00232 e. The first-order valence-corrected chi connectivity index (χ1v) is 6.87. The molecule has 0 aliphatic rings. The summed E-state index contributed by atoms with van der Waals surface area (Å²) in [5.41, 5.74) is 0. The molecular weight excluding hydrogens is 182 g/mol. The lowest BCUT2D eigenvalue weighted by Crippen LogP contribution is -2.23. The summed E-state index contributed by atoms with van der Waals surface area (Å²) in [6, 6.07) is 0. The van der Waals surface area contributed by atoms with Crippen molar-refractivity contribution in [3.05, 3.63) is 0 Å². The molecule has 0 aliphatic carbocycles. The Morgan fingerprint density at radius 3 is 2.07 bits per heavy atom. The topological polar surface area (TPSA) is 12.0 Å². The van der Waals surface area contributed by atoms with Gasteiger partial charge in [0.15, 0.2) is 0 Å². The third-order valence-electron chi connectivity index (χ3n) is 2.44. The van der Waals surface area contributed by atoms with Gasteiger partial charge < -0.3 is 5.32 Å². The smallest absolute Gasteiger partial charge is 0.00232 e. The lowest BCUT2D eigenvalue weighted by molar-refractivity contribution is 0.446. The van der Waals surface area contributed by atoms with E-state index >= 15 is 0 Å². The molecule has 0 saturated heterocycles. The molecule has 0 amide bonds. The van der Waals surface area contributed by atoms with E-state index in [-0.39, 0.29) is 0 Å². The number of nitrogens with one attached hydrogen (secondary N) is 1. The highest BCUT2D eigenvalue weighted by atomic mass is 14.8. The molecule has 0 rings (SSSR count). The molecular formula is C14H33N. The molecule has 0 heterocycles. The first-order chi connectivity index (χ1) is 7.16. The van der Waals surface area contributed by atoms with Crippen LogP contribution in [-0.2, 0) is 0 Å². The number of unbranched alkanes of at least 4 members (excludes halogenated alkanes) is 1. The minimum absolute atomic E-state index is 0.832. The standard InChI is InChI=1S/C12H27N.C2H6/c1-5-6-7-12(4)10-13-9-8-11(2)3;1-2/h11-13H,5-10H2,1-4H3;1-2H3. The molecule has 0 aromatic carbocycles. The number of hydrogen-bond donors (Lipinski definition) is 1. The summed E-state index contributed by atoms with van der Waals surface area (Å²) in [4.78, 5) is 0. The fourth-order valence-corrected chi connectivity index (χ4v) is 1.39. The van der Waals surface area contributed by atoms with E-state index in [1.807, 2.05) is 13.8 Å². The second-order valence-corrected chi connectivity index (χ2v) is 4.63. The Bertz CT molecular complexity index is 99.5. The largest absolute Gasteiger partial charge is 0.316 e. The van der Waals surface area contributed by atoms with Gasteiger partial charge in [-0.3, -0.25) is 0 Å². The highest BCUT2D eigenvalue weighted by molar-refractivity contribution is 4.58. The molecule has 0 fully saturated rings. The zero-order chi connectivity index (χ0) is 12.1. The van der Waals surface area contributed by atoms with Crippen molar-refractivity contribution < 1.29 is 0 Å². The van der Waals surface area contributed by atoms with Crippen LogP contribution in [0.4, 0.5) is 0 Å². The fraction of sp³-hybridized carbons (Fsp3) is 1.00. The molecule has 0 bridgehead atoms. The van der Waals surface area contributed by atoms with E-state index in [1.54, 1.807) is 0 Å². The molecule has 0 saturated carbocycles. The summed E-state index contributed by atoms with van der Waals surface area (Å²) in [6.07, 6.45) is 5.40. The molecule has 1 heteroatoms. The van der Waals surface area contributed by atoms with Crippen LogP contribution in [0.2, 0.25) is 0 Å². The summed E-state index contributed by atoms with van der Waals surface area (Å²) >= 11 is 0. The van der Waals surface area contributed by atoms with Crippen molar-refractivity contribution >= 4 is 0 Å². The molecule has 0 aliphatic heterocycles. The average Bonchev–Trinajstić information content (AvgIpc) is 2.24. The highest BCUT2D eigenvalue weighted by Gasteiger charge is 2.00. The Morgan fingerprint density at radius 1 is 1.00 bits per heavy atom. The number of hydrogen-bond acceptors (Lipinski definition) is 1. The van der Waals surface area contributed by atoms with E-state index in [4.69, 9.17) is 0 Å². The predicted molar refractivity (Wildman–Crippen MR) is 72.4 cm³/mol. The zero-order valence-corrected chi connectivity index (χ0v) is 11.9. The first-order valence-electron chi connectivity index (χ1n) is 6.87. The fourth-order valence-electron chi connectivity index (χ4n) is 1.39. The van der Waals surface area contributed by atoms with Crippen LogP contribution < -0.4 is 5.32 Å². The van der Waals surface area contributed by atoms with Crippen molar-refractivity contribution in [1.29, 1.82) is 0 Å². The lowest BCUT2D eigenvalue weighted by Gasteiger charge is -2.12. The molecule has 0 aromatic rings. The van der Waals surface area contributed by atoms with Gasteiger partial charge in [-0.2, -0.15) is 0 Å². The van der Waals surface area contributed by atoms with E-state index in [2.05, 4.69) is 33.0 Å². The normalized spacial score (nSPS) is 12.2. The van der Waals surface area contributed by atoms with E-state index in [0.29, 0.717) is 0 Å². The Morgan fingerprint density at radius 2 is 1.60 bits per heavy atom. The maximum absolute atomic E-state index is 3.53. The monoisotopic (exact) mass is 215 g/mol. The van der Waals surface area contributed by atoms with Gasteiger partial charge in [-0.1, -0.05) is 54.4 Å². The molecule has 1 nitrogen and oxygen atoms in total. The first kappa shape index (κ1) is 17.4. The van der Waals surface area contributed by atoms with E-state index in [0.717, 1.165) is 11.8 Å². The van der Waals surface area contributed by atoms with Crippen LogP contribution in [0, 0.1) is 11.8 Å². The van der Waals surface area contributed by atoms with Gasteiger partial charge >= 0.3 is 0 Å². The van der Waals surface area contributed by atoms with Crippen LogP contribution in [0.15, 0.2) is 0 Å². The van der Waals surface area contributed by atoms with E-state index in [1.165, 1.54) is 38.8 Å². The summed E-state index contributed by atoms with van der Waals surface area (Å²) < 4.78 is 0. The van der Waals surface area contributed by atoms with Gasteiger partial charge in [0.25, 0.3) is 0 Å². The second kappa shape index (κ2) is 14.0. The van der Waals surface area contributed by atoms with Crippen LogP contribution >= 0.6 is 0 Å². The summed E-state index contributed by atoms with van der Waals surface area (Å²) in [6.45, 7) is 15.6. The molecule has 1 N–H and O–H groups in total. The molecule has 0 radical (unpaired) electrons. The van der Waals surface area contributed by atoms with E-state index < -0.39 is 0 Å². The Labute approximate surface area is 98.0 Å². The van der Waals surface area contributed by atoms with Crippen molar-refractivity contribution in [1.82, 2.24) is 5.32 Å². The maximum atomic E-state index is 3.53. The Hall–Kier alpha value is -0.0400. The van der Waals surface area contributed by atoms with Crippen LogP contribution in [0.3, 0.4) is 0 Å². The zero-order valence-electron chi connectivity index (χ0n) is 11.9. The van der Waals surface area contributed by atoms with Gasteiger partial charge in [0.2, 0.25) is 0 Å². The molecule has 1 atom stereocenters. The number of rotatable bonds is 8. The Kier molecular flexibility index (Phi) is 16.2. The van der Waals surface area contributed by atoms with Gasteiger partial charge in [-0.25, -0.2) is 0 Å². The molecule has 94 valence electrons. The predicted octanol–water partition coefficient (Wildman–Crippen LogP) is 4.47. The lowest BCUT2D eigenvalue weighted by atomic mass is 10.0. The van der Waals surface area contributed by atoms with Crippen molar-refractivity contribution in [2.24, 2.45) is 11.8 Å². The van der Waals surface area contributed by atoms with Crippen LogP contribution in [0.1, 0.15) is 67.2 Å². The average molecular weight is 215 g/mol. The van der Waals surface area contributed by atoms with Crippen molar-refractivity contribution in [3.8, 4) is 0 Å². The third-order valence-corrected chi connectivity index (χ3v) is 2.44. The van der Waals surface area contributed by atoms with Crippen molar-refractivity contribution in [3.63, 3.8) is 0 Å². The summed E-state index contributed by atoms with van der Waals surface area (Å²) in [5.74, 6) is 1.69. The highest BCUT2D eigenvalue weighted by Crippen LogP contribution is 2.06. The van der Waals surface area contributed by atoms with Gasteiger partial charge in [0.05, 0.1) is 0 Å². The van der Waals surface area contributed by atoms with Gasteiger partial charge in [0, 0.05) is 0 Å².